The van der Waals surface area contributed by atoms with Gasteiger partial charge in [0, 0.05) is 26.2 Å². The van der Waals surface area contributed by atoms with Gasteiger partial charge in [0.05, 0.1) is 64.5 Å². The molecule has 0 amide bonds. The molecular weight excluding hydrogens is 805 g/mol. The first-order valence-electron chi connectivity index (χ1n) is 22.0. The van der Waals surface area contributed by atoms with Gasteiger partial charge in [-0.25, -0.2) is 14.4 Å². The van der Waals surface area contributed by atoms with E-state index in [0.29, 0.717) is 86.1 Å². The van der Waals surface area contributed by atoms with E-state index in [4.69, 9.17) is 42.6 Å². The normalized spacial score (nSPS) is 10.9. The van der Waals surface area contributed by atoms with Crippen molar-refractivity contribution in [1.29, 1.82) is 0 Å². The van der Waals surface area contributed by atoms with Crippen LogP contribution in [0, 0.1) is 0 Å². The average molecular weight is 873 g/mol. The van der Waals surface area contributed by atoms with Gasteiger partial charge in [-0.05, 0) is 111 Å². The molecule has 0 radical (unpaired) electrons. The third kappa shape index (κ3) is 21.0. The molecule has 344 valence electrons. The standard InChI is InChI=1S/C51H68O12/c1-39(49(52)55-4)42-19-25-45(26-20-42)59-33-14-8-7-13-32-58-38-31-48(62-36-17-11-9-15-34-60-46-27-21-43(22-28-46)40(2)50(53)56-5)63-37-18-12-10-16-35-61-47-29-23-44(24-30-47)41(3)51(54)57-6/h19-30,48H,1-3,7-18,31-38H2,4-6H3. The van der Waals surface area contributed by atoms with Gasteiger partial charge in [-0.3, -0.25) is 0 Å². The number of carbonyl (C=O) groups is 3. The van der Waals surface area contributed by atoms with E-state index in [1.807, 2.05) is 36.4 Å². The van der Waals surface area contributed by atoms with Crippen molar-refractivity contribution < 1.29 is 57.0 Å². The van der Waals surface area contributed by atoms with Gasteiger partial charge >= 0.3 is 17.9 Å². The lowest BCUT2D eigenvalue weighted by Crippen LogP contribution is -2.21. The molecule has 0 aliphatic carbocycles. The molecule has 0 aliphatic heterocycles. The van der Waals surface area contributed by atoms with Gasteiger partial charge < -0.3 is 42.6 Å². The van der Waals surface area contributed by atoms with Gasteiger partial charge in [-0.2, -0.15) is 0 Å². The van der Waals surface area contributed by atoms with Crippen LogP contribution in [0.3, 0.4) is 0 Å². The van der Waals surface area contributed by atoms with Crippen molar-refractivity contribution in [2.45, 2.75) is 89.8 Å². The van der Waals surface area contributed by atoms with Gasteiger partial charge in [0.15, 0.2) is 6.29 Å². The topological polar surface area (TPSA) is 134 Å². The number of esters is 3. The van der Waals surface area contributed by atoms with Crippen LogP contribution in [-0.2, 0) is 42.8 Å². The summed E-state index contributed by atoms with van der Waals surface area (Å²) in [6.07, 6.45) is 12.1. The Balaban J connectivity index is 1.28. The van der Waals surface area contributed by atoms with Gasteiger partial charge in [-0.1, -0.05) is 75.4 Å². The summed E-state index contributed by atoms with van der Waals surface area (Å²) in [5.41, 5.74) is 3.07. The van der Waals surface area contributed by atoms with Crippen LogP contribution in [0.25, 0.3) is 16.7 Å². The summed E-state index contributed by atoms with van der Waals surface area (Å²) in [6, 6.07) is 21.8. The Bertz CT molecular complexity index is 1710. The van der Waals surface area contributed by atoms with Crippen LogP contribution in [-0.4, -0.2) is 91.8 Å². The van der Waals surface area contributed by atoms with Crippen LogP contribution in [0.1, 0.15) is 100 Å². The quantitative estimate of drug-likeness (QED) is 0.0183. The Morgan fingerprint density at radius 1 is 0.397 bits per heavy atom. The minimum absolute atomic E-state index is 0.314. The van der Waals surface area contributed by atoms with Crippen molar-refractivity contribution in [1.82, 2.24) is 0 Å². The molecule has 0 aromatic heterocycles. The maximum atomic E-state index is 11.7. The highest BCUT2D eigenvalue weighted by molar-refractivity contribution is 6.16. The lowest BCUT2D eigenvalue weighted by Gasteiger charge is -2.19. The minimum atomic E-state index is -0.449. The van der Waals surface area contributed by atoms with E-state index >= 15 is 0 Å². The van der Waals surface area contributed by atoms with E-state index < -0.39 is 17.9 Å². The summed E-state index contributed by atoms with van der Waals surface area (Å²) < 4.78 is 50.2. The maximum Gasteiger partial charge on any atom is 0.337 e. The number of unbranched alkanes of at least 4 members (excludes halogenated alkanes) is 9. The predicted molar refractivity (Wildman–Crippen MR) is 245 cm³/mol. The number of rotatable bonds is 35. The Kier molecular flexibility index (Phi) is 25.9. The summed E-state index contributed by atoms with van der Waals surface area (Å²) in [5.74, 6) is 0.907. The van der Waals surface area contributed by atoms with Crippen molar-refractivity contribution in [3.63, 3.8) is 0 Å². The fraction of sp³-hybridized carbons (Fsp3) is 0.471. The third-order valence-corrected chi connectivity index (χ3v) is 10.1. The van der Waals surface area contributed by atoms with E-state index in [2.05, 4.69) is 19.7 Å². The van der Waals surface area contributed by atoms with Crippen molar-refractivity contribution in [3.05, 3.63) is 109 Å². The lowest BCUT2D eigenvalue weighted by molar-refractivity contribution is -0.154. The molecule has 3 aromatic carbocycles. The molecule has 0 heterocycles. The van der Waals surface area contributed by atoms with Crippen LogP contribution in [0.2, 0.25) is 0 Å². The fourth-order valence-electron chi connectivity index (χ4n) is 6.25. The molecule has 0 bridgehead atoms. The number of methoxy groups -OCH3 is 3. The Morgan fingerprint density at radius 2 is 0.683 bits per heavy atom. The van der Waals surface area contributed by atoms with E-state index in [1.165, 1.54) is 21.3 Å². The monoisotopic (exact) mass is 872 g/mol. The van der Waals surface area contributed by atoms with Crippen LogP contribution in [0.15, 0.2) is 92.5 Å². The van der Waals surface area contributed by atoms with Gasteiger partial charge in [0.1, 0.15) is 17.2 Å². The second-order valence-electron chi connectivity index (χ2n) is 14.8. The van der Waals surface area contributed by atoms with Gasteiger partial charge in [0.25, 0.3) is 0 Å². The zero-order valence-electron chi connectivity index (χ0n) is 37.7. The molecule has 3 aromatic rings. The Hall–Kier alpha value is -5.43. The SMILES string of the molecule is C=C(C(=O)OC)c1ccc(OCCCCCCOCCC(OCCCCCCOc2ccc(C(=C)C(=O)OC)cc2)OCCCCCCOc2ccc(C(=C)C(=O)OC)cc2)cc1. The average Bonchev–Trinajstić information content (AvgIpc) is 3.32. The number of carbonyl (C=O) groups excluding carboxylic acids is 3. The molecular formula is C51H68O12. The first-order chi connectivity index (χ1) is 30.7. The molecule has 0 saturated carbocycles. The largest absolute Gasteiger partial charge is 0.494 e. The van der Waals surface area contributed by atoms with Crippen molar-refractivity contribution in [3.8, 4) is 17.2 Å². The van der Waals surface area contributed by atoms with E-state index in [1.54, 1.807) is 36.4 Å². The third-order valence-electron chi connectivity index (χ3n) is 10.1. The van der Waals surface area contributed by atoms with Crippen molar-refractivity contribution in [2.24, 2.45) is 0 Å². The summed E-state index contributed by atoms with van der Waals surface area (Å²) in [5, 5.41) is 0. The molecule has 0 spiro atoms. The molecule has 12 nitrogen and oxygen atoms in total. The summed E-state index contributed by atoms with van der Waals surface area (Å²) in [6.45, 7) is 15.6. The number of hydrogen-bond donors (Lipinski definition) is 0. The van der Waals surface area contributed by atoms with Crippen molar-refractivity contribution >= 4 is 34.6 Å². The number of benzene rings is 3. The zero-order valence-corrected chi connectivity index (χ0v) is 37.7. The van der Waals surface area contributed by atoms with Crippen molar-refractivity contribution in [2.75, 3.05) is 67.6 Å². The predicted octanol–water partition coefficient (Wildman–Crippen LogP) is 10.2. The number of hydrogen-bond acceptors (Lipinski definition) is 12. The van der Waals surface area contributed by atoms with E-state index in [-0.39, 0.29) is 6.29 Å². The van der Waals surface area contributed by atoms with Crippen LogP contribution < -0.4 is 14.2 Å². The molecule has 12 heteroatoms. The number of ether oxygens (including phenoxy) is 9. The fourth-order valence-corrected chi connectivity index (χ4v) is 6.25. The Labute approximate surface area is 374 Å². The summed E-state index contributed by atoms with van der Waals surface area (Å²) in [4.78, 5) is 35.1. The second kappa shape index (κ2) is 31.4. The van der Waals surface area contributed by atoms with Crippen LogP contribution in [0.4, 0.5) is 0 Å². The molecule has 0 atom stereocenters. The first-order valence-corrected chi connectivity index (χ1v) is 22.0. The molecule has 0 saturated heterocycles. The second-order valence-corrected chi connectivity index (χ2v) is 14.8. The van der Waals surface area contributed by atoms with Crippen LogP contribution in [0.5, 0.6) is 17.2 Å². The highest BCUT2D eigenvalue weighted by Crippen LogP contribution is 2.22. The highest BCUT2D eigenvalue weighted by atomic mass is 16.7. The Morgan fingerprint density at radius 3 is 0.984 bits per heavy atom. The molecule has 63 heavy (non-hydrogen) atoms. The van der Waals surface area contributed by atoms with Crippen LogP contribution >= 0.6 is 0 Å². The minimum Gasteiger partial charge on any atom is -0.494 e. The van der Waals surface area contributed by atoms with Gasteiger partial charge in [0.2, 0.25) is 0 Å². The maximum absolute atomic E-state index is 11.7. The molecule has 0 fully saturated rings. The molecule has 0 N–H and O–H groups in total. The van der Waals surface area contributed by atoms with E-state index in [0.717, 1.165) is 94.3 Å². The molecule has 3 rings (SSSR count). The first kappa shape index (κ1) is 51.9. The lowest BCUT2D eigenvalue weighted by atomic mass is 10.1. The summed E-state index contributed by atoms with van der Waals surface area (Å²) >= 11 is 0. The summed E-state index contributed by atoms with van der Waals surface area (Å²) in [7, 11) is 4.02. The molecule has 0 aliphatic rings. The van der Waals surface area contributed by atoms with E-state index in [9.17, 15) is 14.4 Å². The molecule has 0 unspecified atom stereocenters. The smallest absolute Gasteiger partial charge is 0.337 e. The van der Waals surface area contributed by atoms with Gasteiger partial charge in [-0.15, -0.1) is 0 Å². The zero-order chi connectivity index (χ0) is 45.5. The highest BCUT2D eigenvalue weighted by Gasteiger charge is 2.13.